The van der Waals surface area contributed by atoms with Crippen LogP contribution in [0.5, 0.6) is 5.75 Å². The van der Waals surface area contributed by atoms with E-state index in [0.717, 1.165) is 29.2 Å². The maximum atomic E-state index is 5.76. The summed E-state index contributed by atoms with van der Waals surface area (Å²) in [6.07, 6.45) is 3.61. The van der Waals surface area contributed by atoms with Gasteiger partial charge in [-0.25, -0.2) is 5.43 Å². The van der Waals surface area contributed by atoms with Crippen LogP contribution in [0.3, 0.4) is 0 Å². The van der Waals surface area contributed by atoms with Gasteiger partial charge < -0.3 is 4.74 Å². The molecule has 3 N–H and O–H groups in total. The summed E-state index contributed by atoms with van der Waals surface area (Å²) in [6, 6.07) is 3.82. The molecule has 1 atom stereocenters. The lowest BCUT2D eigenvalue weighted by molar-refractivity contribution is 0.241. The third-order valence-electron chi connectivity index (χ3n) is 3.13. The fourth-order valence-electron chi connectivity index (χ4n) is 2.33. The van der Waals surface area contributed by atoms with Crippen LogP contribution >= 0.6 is 0 Å². The van der Waals surface area contributed by atoms with Crippen molar-refractivity contribution in [1.82, 2.24) is 20.2 Å². The van der Waals surface area contributed by atoms with Crippen molar-refractivity contribution >= 4 is 0 Å². The third kappa shape index (κ3) is 3.59. The number of hydrazine groups is 1. The lowest BCUT2D eigenvalue weighted by Gasteiger charge is -2.18. The molecule has 2 aromatic heterocycles. The molecule has 0 fully saturated rings. The minimum absolute atomic E-state index is 0.106. The van der Waals surface area contributed by atoms with E-state index < -0.39 is 0 Å². The zero-order valence-corrected chi connectivity index (χ0v) is 13.0. The number of pyridine rings is 1. The Morgan fingerprint density at radius 1 is 1.33 bits per heavy atom. The zero-order chi connectivity index (χ0) is 15.4. The van der Waals surface area contributed by atoms with Crippen LogP contribution in [0, 0.1) is 6.92 Å². The Balaban J connectivity index is 2.36. The van der Waals surface area contributed by atoms with Crippen LogP contribution in [0.25, 0.3) is 0 Å². The van der Waals surface area contributed by atoms with Gasteiger partial charge in [0.05, 0.1) is 29.7 Å². The van der Waals surface area contributed by atoms with Gasteiger partial charge in [-0.05, 0) is 45.4 Å². The van der Waals surface area contributed by atoms with Gasteiger partial charge in [0.1, 0.15) is 5.75 Å². The van der Waals surface area contributed by atoms with Crippen molar-refractivity contribution in [1.29, 1.82) is 0 Å². The molecule has 0 aliphatic rings. The lowest BCUT2D eigenvalue weighted by atomic mass is 10.1. The number of nitrogens with one attached hydrogen (secondary N) is 1. The summed E-state index contributed by atoms with van der Waals surface area (Å²) in [5.74, 6) is 6.50. The van der Waals surface area contributed by atoms with Gasteiger partial charge in [-0.15, -0.1) is 0 Å². The van der Waals surface area contributed by atoms with Gasteiger partial charge in [-0.2, -0.15) is 5.10 Å². The van der Waals surface area contributed by atoms with E-state index in [1.54, 1.807) is 12.4 Å². The Labute approximate surface area is 125 Å². The minimum Gasteiger partial charge on any atom is -0.489 e. The molecule has 0 saturated heterocycles. The third-order valence-corrected chi connectivity index (χ3v) is 3.13. The molecule has 0 aliphatic heterocycles. The molecule has 6 nitrogen and oxygen atoms in total. The van der Waals surface area contributed by atoms with E-state index in [4.69, 9.17) is 10.6 Å². The molecule has 0 saturated carbocycles. The number of aromatic nitrogens is 3. The second-order valence-electron chi connectivity index (χ2n) is 5.25. The normalized spacial score (nSPS) is 12.7. The maximum Gasteiger partial charge on any atom is 0.138 e. The Morgan fingerprint density at radius 3 is 2.71 bits per heavy atom. The Kier molecular flexibility index (Phi) is 4.93. The van der Waals surface area contributed by atoms with E-state index in [-0.39, 0.29) is 12.1 Å². The first kappa shape index (κ1) is 15.5. The van der Waals surface area contributed by atoms with Crippen molar-refractivity contribution in [3.63, 3.8) is 0 Å². The van der Waals surface area contributed by atoms with E-state index in [0.29, 0.717) is 0 Å². The number of nitrogens with two attached hydrogens (primary N) is 1. The van der Waals surface area contributed by atoms with Crippen LogP contribution in [0.1, 0.15) is 43.8 Å². The number of nitrogens with zero attached hydrogens (tertiary/aromatic N) is 3. The number of ether oxygens (including phenoxy) is 1. The number of hydrogen-bond acceptors (Lipinski definition) is 5. The first-order valence-corrected chi connectivity index (χ1v) is 7.17. The Bertz CT molecular complexity index is 593. The highest BCUT2D eigenvalue weighted by Gasteiger charge is 2.19. The fraction of sp³-hybridized carbons (Fsp3) is 0.467. The lowest BCUT2D eigenvalue weighted by Crippen LogP contribution is -2.30. The van der Waals surface area contributed by atoms with Crippen molar-refractivity contribution in [2.24, 2.45) is 5.84 Å². The first-order chi connectivity index (χ1) is 10.0. The molecule has 0 amide bonds. The summed E-state index contributed by atoms with van der Waals surface area (Å²) in [7, 11) is 0. The molecule has 0 aromatic carbocycles. The fourth-order valence-corrected chi connectivity index (χ4v) is 2.33. The zero-order valence-electron chi connectivity index (χ0n) is 13.0. The SMILES string of the molecule is CCn1nc(C)cc1C(NN)c1cncc(OC(C)C)c1. The van der Waals surface area contributed by atoms with Crippen LogP contribution in [-0.2, 0) is 6.54 Å². The monoisotopic (exact) mass is 289 g/mol. The summed E-state index contributed by atoms with van der Waals surface area (Å²) in [5.41, 5.74) is 5.78. The van der Waals surface area contributed by atoms with Crippen LogP contribution in [0.4, 0.5) is 0 Å². The second-order valence-corrected chi connectivity index (χ2v) is 5.25. The summed E-state index contributed by atoms with van der Waals surface area (Å²) in [5, 5.41) is 4.46. The predicted octanol–water partition coefficient (Wildman–Crippen LogP) is 1.95. The van der Waals surface area contributed by atoms with Gasteiger partial charge in [0.25, 0.3) is 0 Å². The van der Waals surface area contributed by atoms with Crippen molar-refractivity contribution in [3.05, 3.63) is 41.5 Å². The molecule has 6 heteroatoms. The molecule has 0 spiro atoms. The molecule has 2 rings (SSSR count). The van der Waals surface area contributed by atoms with Gasteiger partial charge >= 0.3 is 0 Å². The molecule has 0 bridgehead atoms. The highest BCUT2D eigenvalue weighted by Crippen LogP contribution is 2.24. The van der Waals surface area contributed by atoms with Gasteiger partial charge in [0, 0.05) is 12.7 Å². The summed E-state index contributed by atoms with van der Waals surface area (Å²) >= 11 is 0. The van der Waals surface area contributed by atoms with Crippen molar-refractivity contribution in [3.8, 4) is 5.75 Å². The van der Waals surface area contributed by atoms with Crippen LogP contribution in [-0.4, -0.2) is 20.9 Å². The first-order valence-electron chi connectivity index (χ1n) is 7.17. The van der Waals surface area contributed by atoms with Gasteiger partial charge in [-0.3, -0.25) is 15.5 Å². The van der Waals surface area contributed by atoms with Crippen LogP contribution in [0.15, 0.2) is 24.5 Å². The van der Waals surface area contributed by atoms with E-state index >= 15 is 0 Å². The number of aryl methyl sites for hydroxylation is 2. The van der Waals surface area contributed by atoms with Crippen molar-refractivity contribution < 1.29 is 4.74 Å². The molecule has 0 aliphatic carbocycles. The Hall–Kier alpha value is -1.92. The van der Waals surface area contributed by atoms with E-state index in [9.17, 15) is 0 Å². The molecular formula is C15H23N5O. The van der Waals surface area contributed by atoms with Crippen LogP contribution < -0.4 is 16.0 Å². The highest BCUT2D eigenvalue weighted by molar-refractivity contribution is 5.32. The van der Waals surface area contributed by atoms with E-state index in [1.807, 2.05) is 37.6 Å². The Morgan fingerprint density at radius 2 is 2.10 bits per heavy atom. The van der Waals surface area contributed by atoms with Gasteiger partial charge in [-0.1, -0.05) is 0 Å². The standard InChI is InChI=1S/C15H23N5O/c1-5-20-14(6-11(4)19-20)15(18-16)12-7-13(9-17-8-12)21-10(2)3/h6-10,15,18H,5,16H2,1-4H3. The molecule has 0 radical (unpaired) electrons. The largest absolute Gasteiger partial charge is 0.489 e. The van der Waals surface area contributed by atoms with E-state index in [1.165, 1.54) is 0 Å². The van der Waals surface area contributed by atoms with Crippen molar-refractivity contribution in [2.45, 2.75) is 46.4 Å². The summed E-state index contributed by atoms with van der Waals surface area (Å²) in [6.45, 7) is 8.79. The number of hydrogen-bond donors (Lipinski definition) is 2. The van der Waals surface area contributed by atoms with Gasteiger partial charge in [0.2, 0.25) is 0 Å². The quantitative estimate of drug-likeness (QED) is 0.628. The molecule has 2 aromatic rings. The average molecular weight is 289 g/mol. The molecule has 2 heterocycles. The molecular weight excluding hydrogens is 266 g/mol. The highest BCUT2D eigenvalue weighted by atomic mass is 16.5. The van der Waals surface area contributed by atoms with Crippen molar-refractivity contribution in [2.75, 3.05) is 0 Å². The minimum atomic E-state index is -0.172. The predicted molar refractivity (Wildman–Crippen MR) is 81.8 cm³/mol. The topological polar surface area (TPSA) is 78.0 Å². The summed E-state index contributed by atoms with van der Waals surface area (Å²) in [4.78, 5) is 4.24. The molecule has 21 heavy (non-hydrogen) atoms. The van der Waals surface area contributed by atoms with Crippen LogP contribution in [0.2, 0.25) is 0 Å². The molecule has 1 unspecified atom stereocenters. The summed E-state index contributed by atoms with van der Waals surface area (Å²) < 4.78 is 7.63. The second kappa shape index (κ2) is 6.69. The van der Waals surface area contributed by atoms with E-state index in [2.05, 4.69) is 22.4 Å². The molecule has 114 valence electrons. The average Bonchev–Trinajstić information content (AvgIpc) is 2.80. The van der Waals surface area contributed by atoms with Gasteiger partial charge in [0.15, 0.2) is 0 Å². The maximum absolute atomic E-state index is 5.76. The number of rotatable bonds is 6. The smallest absolute Gasteiger partial charge is 0.138 e.